The van der Waals surface area contributed by atoms with Gasteiger partial charge in [-0.3, -0.25) is 0 Å². The molecule has 0 saturated heterocycles. The van der Waals surface area contributed by atoms with E-state index >= 15 is 0 Å². The van der Waals surface area contributed by atoms with Gasteiger partial charge in [-0.1, -0.05) is 0 Å². The summed E-state index contributed by atoms with van der Waals surface area (Å²) in [6.07, 6.45) is 0. The summed E-state index contributed by atoms with van der Waals surface area (Å²) >= 11 is -1.27. The second kappa shape index (κ2) is 5.02. The van der Waals surface area contributed by atoms with Gasteiger partial charge >= 0.3 is 104 Å². The van der Waals surface area contributed by atoms with E-state index < -0.39 is 42.4 Å². The van der Waals surface area contributed by atoms with Gasteiger partial charge in [-0.15, -0.1) is 0 Å². The van der Waals surface area contributed by atoms with Crippen molar-refractivity contribution in [3.05, 3.63) is 59.7 Å². The predicted octanol–water partition coefficient (Wildman–Crippen LogP) is 2.28. The second-order valence-electron chi connectivity index (χ2n) is 3.37. The minimum atomic E-state index is -1.27. The van der Waals surface area contributed by atoms with E-state index in [1.807, 2.05) is 0 Å². The van der Waals surface area contributed by atoms with E-state index in [-0.39, 0.29) is 7.74 Å². The topological polar surface area (TPSA) is 0 Å². The van der Waals surface area contributed by atoms with Crippen molar-refractivity contribution in [3.8, 4) is 0 Å². The molecule has 5 heteroatoms. The number of hydrogen-bond acceptors (Lipinski definition) is 0. The normalized spacial score (nSPS) is 10.4. The summed E-state index contributed by atoms with van der Waals surface area (Å²) in [5.74, 6) is -2.71. The first kappa shape index (κ1) is 12.3. The minimum absolute atomic E-state index is 0.289. The van der Waals surface area contributed by atoms with Crippen molar-refractivity contribution in [2.24, 2.45) is 0 Å². The van der Waals surface area contributed by atoms with Crippen molar-refractivity contribution >= 4 is 7.74 Å². The van der Waals surface area contributed by atoms with Crippen LogP contribution in [0.5, 0.6) is 0 Å². The SMILES string of the molecule is Fc1cc[c]([Ti][c]2ccc(F)cc2F)c(F)c1. The van der Waals surface area contributed by atoms with Gasteiger partial charge < -0.3 is 0 Å². The third kappa shape index (κ3) is 2.96. The first-order valence-corrected chi connectivity index (χ1v) is 6.29. The molecular weight excluding hydrogens is 268 g/mol. The Morgan fingerprint density at radius 2 is 1.06 bits per heavy atom. The first-order chi connectivity index (χ1) is 8.06. The van der Waals surface area contributed by atoms with Crippen LogP contribution in [0.2, 0.25) is 0 Å². The summed E-state index contributed by atoms with van der Waals surface area (Å²) in [6, 6.07) is 6.38. The zero-order chi connectivity index (χ0) is 12.4. The predicted molar refractivity (Wildman–Crippen MR) is 52.0 cm³/mol. The first-order valence-electron chi connectivity index (χ1n) is 4.73. The van der Waals surface area contributed by atoms with Crippen LogP contribution in [0.15, 0.2) is 36.4 Å². The molecule has 0 aliphatic carbocycles. The molecule has 0 aliphatic heterocycles. The molecule has 0 radical (unpaired) electrons. The molecule has 86 valence electrons. The summed E-state index contributed by atoms with van der Waals surface area (Å²) in [4.78, 5) is 0. The van der Waals surface area contributed by atoms with Crippen molar-refractivity contribution < 1.29 is 36.7 Å². The van der Waals surface area contributed by atoms with E-state index in [2.05, 4.69) is 0 Å². The molecule has 2 rings (SSSR count). The van der Waals surface area contributed by atoms with Gasteiger partial charge in [0.2, 0.25) is 0 Å². The van der Waals surface area contributed by atoms with Gasteiger partial charge in [-0.25, -0.2) is 0 Å². The van der Waals surface area contributed by atoms with Gasteiger partial charge in [0.1, 0.15) is 0 Å². The van der Waals surface area contributed by atoms with Gasteiger partial charge in [0.15, 0.2) is 0 Å². The summed E-state index contributed by atoms with van der Waals surface area (Å²) in [5, 5.41) is 0. The van der Waals surface area contributed by atoms with Crippen LogP contribution in [0.1, 0.15) is 0 Å². The molecule has 0 amide bonds. The Morgan fingerprint density at radius 1 is 0.647 bits per heavy atom. The van der Waals surface area contributed by atoms with Gasteiger partial charge in [0.05, 0.1) is 0 Å². The molecule has 0 atom stereocenters. The van der Waals surface area contributed by atoms with Crippen LogP contribution < -0.4 is 7.74 Å². The monoisotopic (exact) mass is 274 g/mol. The van der Waals surface area contributed by atoms with Crippen molar-refractivity contribution in [1.82, 2.24) is 0 Å². The van der Waals surface area contributed by atoms with E-state index in [9.17, 15) is 17.6 Å². The summed E-state index contributed by atoms with van der Waals surface area (Å²) < 4.78 is 52.6. The average Bonchev–Trinajstić information content (AvgIpc) is 2.25. The van der Waals surface area contributed by atoms with Crippen LogP contribution in [0.25, 0.3) is 0 Å². The molecule has 0 saturated carbocycles. The molecule has 0 heterocycles. The van der Waals surface area contributed by atoms with Crippen LogP contribution in [-0.2, 0) is 19.2 Å². The zero-order valence-corrected chi connectivity index (χ0v) is 10.0. The summed E-state index contributed by atoms with van der Waals surface area (Å²) in [7, 11) is 0. The second-order valence-corrected chi connectivity index (χ2v) is 5.45. The maximum absolute atomic E-state index is 13.3. The molecule has 2 aromatic rings. The van der Waals surface area contributed by atoms with E-state index in [4.69, 9.17) is 0 Å². The third-order valence-corrected chi connectivity index (χ3v) is 4.24. The molecule has 17 heavy (non-hydrogen) atoms. The number of halogens is 4. The fraction of sp³-hybridized carbons (Fsp3) is 0. The van der Waals surface area contributed by atoms with Crippen LogP contribution in [0, 0.1) is 23.3 Å². The van der Waals surface area contributed by atoms with Gasteiger partial charge in [0, 0.05) is 0 Å². The average molecular weight is 274 g/mol. The Bertz CT molecular complexity index is 505. The van der Waals surface area contributed by atoms with Gasteiger partial charge in [0.25, 0.3) is 0 Å². The molecule has 0 N–H and O–H groups in total. The van der Waals surface area contributed by atoms with Gasteiger partial charge in [-0.2, -0.15) is 0 Å². The Hall–Kier alpha value is -1.13. The number of benzene rings is 2. The van der Waals surface area contributed by atoms with Crippen molar-refractivity contribution in [1.29, 1.82) is 0 Å². The standard InChI is InChI=1S/2C6H3F2.Ti/c2*7-5-2-1-3-6(8)4-5;/h2*1-2,4H;. The van der Waals surface area contributed by atoms with Crippen molar-refractivity contribution in [2.45, 2.75) is 0 Å². The van der Waals surface area contributed by atoms with E-state index in [1.54, 1.807) is 0 Å². The van der Waals surface area contributed by atoms with Crippen molar-refractivity contribution in [3.63, 3.8) is 0 Å². The third-order valence-electron chi connectivity index (χ3n) is 2.13. The Morgan fingerprint density at radius 3 is 1.41 bits per heavy atom. The molecule has 2 aromatic carbocycles. The fourth-order valence-electron chi connectivity index (χ4n) is 1.33. The Balaban J connectivity index is 2.31. The van der Waals surface area contributed by atoms with E-state index in [0.717, 1.165) is 24.3 Å². The Labute approximate surface area is 104 Å². The van der Waals surface area contributed by atoms with Gasteiger partial charge in [-0.05, 0) is 0 Å². The molecule has 0 aliphatic rings. The quantitative estimate of drug-likeness (QED) is 0.582. The molecule has 0 bridgehead atoms. The zero-order valence-electron chi connectivity index (χ0n) is 8.48. The van der Waals surface area contributed by atoms with E-state index in [1.165, 1.54) is 12.1 Å². The fourth-order valence-corrected chi connectivity index (χ4v) is 2.90. The molecule has 0 unspecified atom stereocenters. The number of rotatable bonds is 2. The summed E-state index contributed by atoms with van der Waals surface area (Å²) in [6.45, 7) is 0. The molecular formula is C12H6F4Ti. The summed E-state index contributed by atoms with van der Waals surface area (Å²) in [5.41, 5.74) is 0. The van der Waals surface area contributed by atoms with Crippen LogP contribution >= 0.6 is 0 Å². The number of hydrogen-bond donors (Lipinski definition) is 0. The molecule has 0 aromatic heterocycles. The van der Waals surface area contributed by atoms with Crippen LogP contribution in [0.4, 0.5) is 17.6 Å². The Kier molecular flexibility index (Phi) is 3.64. The molecule has 0 fully saturated rings. The van der Waals surface area contributed by atoms with E-state index in [0.29, 0.717) is 0 Å². The van der Waals surface area contributed by atoms with Crippen LogP contribution in [0.3, 0.4) is 0 Å². The maximum atomic E-state index is 13.3. The van der Waals surface area contributed by atoms with Crippen LogP contribution in [-0.4, -0.2) is 0 Å². The van der Waals surface area contributed by atoms with Crippen molar-refractivity contribution in [2.75, 3.05) is 0 Å². The molecule has 0 nitrogen and oxygen atoms in total. The molecule has 0 spiro atoms.